The number of carbonyl (C=O) groups is 1. The van der Waals surface area contributed by atoms with Gasteiger partial charge in [-0.25, -0.2) is 0 Å². The molecule has 100 valence electrons. The van der Waals surface area contributed by atoms with Crippen LogP contribution < -0.4 is 10.1 Å². The fourth-order valence-electron chi connectivity index (χ4n) is 1.49. The highest BCUT2D eigenvalue weighted by molar-refractivity contribution is 5.67. The van der Waals surface area contributed by atoms with E-state index in [0.717, 1.165) is 11.3 Å². The number of hydrogen-bond donors (Lipinski definition) is 3. The lowest BCUT2D eigenvalue weighted by atomic mass is 10.2. The second kappa shape index (κ2) is 7.68. The van der Waals surface area contributed by atoms with Gasteiger partial charge < -0.3 is 20.3 Å². The maximum Gasteiger partial charge on any atom is 0.306 e. The van der Waals surface area contributed by atoms with Crippen LogP contribution in [0.15, 0.2) is 24.3 Å². The summed E-state index contributed by atoms with van der Waals surface area (Å²) in [7, 11) is 0. The second-order valence-electron chi connectivity index (χ2n) is 4.12. The van der Waals surface area contributed by atoms with Crippen molar-refractivity contribution in [3.8, 4) is 5.75 Å². The Kier molecular flexibility index (Phi) is 6.18. The first-order chi connectivity index (χ1) is 8.58. The Morgan fingerprint density at radius 2 is 2.28 bits per heavy atom. The summed E-state index contributed by atoms with van der Waals surface area (Å²) in [5.41, 5.74) is 1.14. The average molecular weight is 253 g/mol. The average Bonchev–Trinajstić information content (AvgIpc) is 2.27. The molecular weight excluding hydrogens is 234 g/mol. The molecule has 1 rings (SSSR count). The van der Waals surface area contributed by atoms with Gasteiger partial charge in [-0.2, -0.15) is 0 Å². The first kappa shape index (κ1) is 14.5. The summed E-state index contributed by atoms with van der Waals surface area (Å²) in [5.74, 6) is -0.191. The van der Waals surface area contributed by atoms with Gasteiger partial charge in [0.05, 0.1) is 12.5 Å². The zero-order valence-corrected chi connectivity index (χ0v) is 10.4. The van der Waals surface area contributed by atoms with Crippen molar-refractivity contribution in [1.82, 2.24) is 5.32 Å². The molecule has 0 amide bonds. The molecule has 18 heavy (non-hydrogen) atoms. The van der Waals surface area contributed by atoms with Crippen molar-refractivity contribution in [2.45, 2.75) is 19.4 Å². The van der Waals surface area contributed by atoms with E-state index in [1.165, 1.54) is 0 Å². The predicted molar refractivity (Wildman–Crippen MR) is 67.8 cm³/mol. The van der Waals surface area contributed by atoms with Crippen LogP contribution in [-0.2, 0) is 4.79 Å². The van der Waals surface area contributed by atoms with Crippen molar-refractivity contribution in [3.63, 3.8) is 0 Å². The third kappa shape index (κ3) is 6.22. The summed E-state index contributed by atoms with van der Waals surface area (Å²) in [4.78, 5) is 10.3. The summed E-state index contributed by atoms with van der Waals surface area (Å²) in [5, 5.41) is 20.7. The number of rotatable bonds is 8. The van der Waals surface area contributed by atoms with Crippen molar-refractivity contribution < 1.29 is 19.7 Å². The van der Waals surface area contributed by atoms with Gasteiger partial charge in [-0.3, -0.25) is 4.79 Å². The number of ether oxygens (including phenoxy) is 1. The predicted octanol–water partition coefficient (Wildman–Crippen LogP) is 0.799. The molecule has 0 spiro atoms. The lowest BCUT2D eigenvalue weighted by Gasteiger charge is -2.10. The molecule has 5 heteroatoms. The molecule has 0 fully saturated rings. The van der Waals surface area contributed by atoms with E-state index >= 15 is 0 Å². The van der Waals surface area contributed by atoms with E-state index in [-0.39, 0.29) is 13.0 Å². The molecule has 0 bridgehead atoms. The molecule has 5 nitrogen and oxygen atoms in total. The first-order valence-electron chi connectivity index (χ1n) is 5.88. The zero-order chi connectivity index (χ0) is 13.4. The Labute approximate surface area is 106 Å². The third-order valence-corrected chi connectivity index (χ3v) is 2.33. The summed E-state index contributed by atoms with van der Waals surface area (Å²) in [6, 6.07) is 7.74. The number of benzene rings is 1. The van der Waals surface area contributed by atoms with Crippen LogP contribution in [0.2, 0.25) is 0 Å². The molecule has 1 unspecified atom stereocenters. The minimum Gasteiger partial charge on any atom is -0.492 e. The van der Waals surface area contributed by atoms with E-state index in [9.17, 15) is 9.90 Å². The smallest absolute Gasteiger partial charge is 0.306 e. The topological polar surface area (TPSA) is 78.8 Å². The van der Waals surface area contributed by atoms with Gasteiger partial charge in [0, 0.05) is 13.1 Å². The van der Waals surface area contributed by atoms with Gasteiger partial charge in [-0.1, -0.05) is 12.1 Å². The minimum absolute atomic E-state index is 0.244. The number of aryl methyl sites for hydroxylation is 1. The fourth-order valence-corrected chi connectivity index (χ4v) is 1.49. The van der Waals surface area contributed by atoms with E-state index in [0.29, 0.717) is 13.2 Å². The fraction of sp³-hybridized carbons (Fsp3) is 0.462. The zero-order valence-electron chi connectivity index (χ0n) is 10.4. The van der Waals surface area contributed by atoms with Crippen molar-refractivity contribution in [1.29, 1.82) is 0 Å². The molecule has 0 aromatic heterocycles. The Morgan fingerprint density at radius 3 is 2.94 bits per heavy atom. The highest BCUT2D eigenvalue weighted by atomic mass is 16.5. The van der Waals surface area contributed by atoms with Crippen LogP contribution in [-0.4, -0.2) is 42.0 Å². The van der Waals surface area contributed by atoms with E-state index in [1.54, 1.807) is 0 Å². The molecule has 1 aromatic rings. The van der Waals surface area contributed by atoms with Crippen LogP contribution in [0, 0.1) is 6.92 Å². The number of aliphatic carboxylic acids is 1. The number of carboxylic acid groups (broad SMARTS) is 1. The number of carboxylic acids is 1. The summed E-state index contributed by atoms with van der Waals surface area (Å²) >= 11 is 0. The summed E-state index contributed by atoms with van der Waals surface area (Å²) in [6.45, 7) is 3.28. The minimum atomic E-state index is -1.000. The normalized spacial score (nSPS) is 12.1. The van der Waals surface area contributed by atoms with Crippen molar-refractivity contribution in [2.75, 3.05) is 19.7 Å². The van der Waals surface area contributed by atoms with Crippen molar-refractivity contribution in [3.05, 3.63) is 29.8 Å². The molecule has 0 radical (unpaired) electrons. The van der Waals surface area contributed by atoms with Crippen molar-refractivity contribution >= 4 is 5.97 Å². The Hall–Kier alpha value is -1.59. The number of hydrogen-bond acceptors (Lipinski definition) is 4. The maximum absolute atomic E-state index is 10.3. The maximum atomic E-state index is 10.3. The summed E-state index contributed by atoms with van der Waals surface area (Å²) in [6.07, 6.45) is -1.10. The quantitative estimate of drug-likeness (QED) is 0.597. The standard InChI is InChI=1S/C13H19NO4/c1-10-3-2-4-12(7-10)18-6-5-14-9-11(15)8-13(16)17/h2-4,7,11,14-15H,5-6,8-9H2,1H3,(H,16,17). The molecule has 1 aromatic carbocycles. The Balaban J connectivity index is 2.10. The van der Waals surface area contributed by atoms with Gasteiger partial charge in [0.25, 0.3) is 0 Å². The van der Waals surface area contributed by atoms with E-state index in [2.05, 4.69) is 5.32 Å². The molecule has 0 aliphatic carbocycles. The highest BCUT2D eigenvalue weighted by Gasteiger charge is 2.08. The van der Waals surface area contributed by atoms with Gasteiger partial charge in [-0.05, 0) is 24.6 Å². The van der Waals surface area contributed by atoms with Gasteiger partial charge in [0.2, 0.25) is 0 Å². The van der Waals surface area contributed by atoms with Gasteiger partial charge >= 0.3 is 5.97 Å². The van der Waals surface area contributed by atoms with Crippen LogP contribution in [0.4, 0.5) is 0 Å². The first-order valence-corrected chi connectivity index (χ1v) is 5.88. The molecular formula is C13H19NO4. The van der Waals surface area contributed by atoms with E-state index < -0.39 is 12.1 Å². The molecule has 3 N–H and O–H groups in total. The molecule has 0 saturated heterocycles. The molecule has 0 aliphatic heterocycles. The van der Waals surface area contributed by atoms with Crippen LogP contribution in [0.25, 0.3) is 0 Å². The molecule has 1 atom stereocenters. The van der Waals surface area contributed by atoms with Gasteiger partial charge in [-0.15, -0.1) is 0 Å². The molecule has 0 aliphatic rings. The van der Waals surface area contributed by atoms with Gasteiger partial charge in [0.1, 0.15) is 12.4 Å². The van der Waals surface area contributed by atoms with Crippen LogP contribution >= 0.6 is 0 Å². The summed E-state index contributed by atoms with van der Waals surface area (Å²) < 4.78 is 5.49. The monoisotopic (exact) mass is 253 g/mol. The van der Waals surface area contributed by atoms with Crippen molar-refractivity contribution in [2.24, 2.45) is 0 Å². The number of aliphatic hydroxyl groups excluding tert-OH is 1. The van der Waals surface area contributed by atoms with Gasteiger partial charge in [0.15, 0.2) is 0 Å². The SMILES string of the molecule is Cc1cccc(OCCNCC(O)CC(=O)O)c1. The number of nitrogens with one attached hydrogen (secondary N) is 1. The van der Waals surface area contributed by atoms with Crippen LogP contribution in [0.5, 0.6) is 5.75 Å². The lowest BCUT2D eigenvalue weighted by molar-refractivity contribution is -0.139. The second-order valence-corrected chi connectivity index (χ2v) is 4.12. The van der Waals surface area contributed by atoms with E-state index in [1.807, 2.05) is 31.2 Å². The third-order valence-electron chi connectivity index (χ3n) is 2.33. The van der Waals surface area contributed by atoms with E-state index in [4.69, 9.17) is 9.84 Å². The molecule has 0 heterocycles. The molecule has 0 saturated carbocycles. The number of aliphatic hydroxyl groups is 1. The lowest BCUT2D eigenvalue weighted by Crippen LogP contribution is -2.31. The van der Waals surface area contributed by atoms with Crippen LogP contribution in [0.1, 0.15) is 12.0 Å². The highest BCUT2D eigenvalue weighted by Crippen LogP contribution is 2.11. The Morgan fingerprint density at radius 1 is 1.50 bits per heavy atom. The largest absolute Gasteiger partial charge is 0.492 e. The van der Waals surface area contributed by atoms with Crippen LogP contribution in [0.3, 0.4) is 0 Å². The Bertz CT molecular complexity index is 381.